The number of carbonyl (C=O) groups excluding carboxylic acids is 1. The topological polar surface area (TPSA) is 42.0 Å². The van der Waals surface area contributed by atoms with Crippen molar-refractivity contribution in [2.45, 2.75) is 19.4 Å². The molecule has 1 aromatic rings. The monoisotopic (exact) mass is 320 g/mol. The Kier molecular flexibility index (Phi) is 6.86. The van der Waals surface area contributed by atoms with Crippen molar-refractivity contribution in [2.75, 3.05) is 47.5 Å². The highest BCUT2D eigenvalue weighted by molar-refractivity contribution is 5.78. The fraction of sp³-hybridized carbons (Fsp3) is 0.611. The molecule has 23 heavy (non-hydrogen) atoms. The van der Waals surface area contributed by atoms with Crippen molar-refractivity contribution in [1.29, 1.82) is 0 Å². The first kappa shape index (κ1) is 17.8. The number of likely N-dealkylation sites (tertiary alicyclic amines) is 1. The summed E-state index contributed by atoms with van der Waals surface area (Å²) < 4.78 is 10.4. The number of likely N-dealkylation sites (N-methyl/N-ethyl adjacent to an activating group) is 1. The molecule has 0 bridgehead atoms. The molecule has 2 rings (SSSR count). The fourth-order valence-electron chi connectivity index (χ4n) is 3.07. The van der Waals surface area contributed by atoms with E-state index in [0.717, 1.165) is 37.4 Å². The highest BCUT2D eigenvalue weighted by Crippen LogP contribution is 2.17. The van der Waals surface area contributed by atoms with Gasteiger partial charge in [0, 0.05) is 27.2 Å². The van der Waals surface area contributed by atoms with Gasteiger partial charge in [-0.3, -0.25) is 9.69 Å². The van der Waals surface area contributed by atoms with E-state index < -0.39 is 0 Å². The van der Waals surface area contributed by atoms with Crippen molar-refractivity contribution < 1.29 is 14.3 Å². The Hall–Kier alpha value is -1.59. The quantitative estimate of drug-likeness (QED) is 0.771. The Morgan fingerprint density at radius 1 is 1.30 bits per heavy atom. The van der Waals surface area contributed by atoms with Gasteiger partial charge < -0.3 is 14.4 Å². The molecule has 1 aliphatic heterocycles. The van der Waals surface area contributed by atoms with Crippen LogP contribution in [0.5, 0.6) is 5.75 Å². The number of hydrogen-bond acceptors (Lipinski definition) is 4. The maximum Gasteiger partial charge on any atom is 0.236 e. The molecule has 0 aromatic heterocycles. The van der Waals surface area contributed by atoms with Crippen LogP contribution in [0.4, 0.5) is 0 Å². The Balaban J connectivity index is 1.81. The van der Waals surface area contributed by atoms with Crippen molar-refractivity contribution in [2.24, 2.45) is 5.92 Å². The second-order valence-electron chi connectivity index (χ2n) is 6.30. The van der Waals surface area contributed by atoms with Crippen LogP contribution >= 0.6 is 0 Å². The molecule has 1 unspecified atom stereocenters. The number of benzene rings is 1. The van der Waals surface area contributed by atoms with E-state index in [0.29, 0.717) is 19.0 Å². The van der Waals surface area contributed by atoms with Crippen molar-refractivity contribution in [3.05, 3.63) is 29.8 Å². The zero-order chi connectivity index (χ0) is 16.7. The van der Waals surface area contributed by atoms with Crippen LogP contribution in [-0.4, -0.2) is 63.2 Å². The molecule has 5 heteroatoms. The maximum atomic E-state index is 12.4. The Morgan fingerprint density at radius 2 is 2.04 bits per heavy atom. The minimum absolute atomic E-state index is 0.166. The molecule has 0 aliphatic carbocycles. The summed E-state index contributed by atoms with van der Waals surface area (Å²) in [5.74, 6) is 1.55. The number of nitrogens with zero attached hydrogens (tertiary/aromatic N) is 2. The summed E-state index contributed by atoms with van der Waals surface area (Å²) >= 11 is 0. The molecule has 1 aromatic carbocycles. The van der Waals surface area contributed by atoms with Crippen LogP contribution in [0.1, 0.15) is 18.4 Å². The van der Waals surface area contributed by atoms with Crippen molar-refractivity contribution in [1.82, 2.24) is 9.80 Å². The summed E-state index contributed by atoms with van der Waals surface area (Å²) in [5.41, 5.74) is 1.11. The van der Waals surface area contributed by atoms with Gasteiger partial charge in [0.05, 0.1) is 20.3 Å². The molecule has 1 saturated heterocycles. The van der Waals surface area contributed by atoms with Crippen molar-refractivity contribution in [3.8, 4) is 5.75 Å². The van der Waals surface area contributed by atoms with Gasteiger partial charge in [0.1, 0.15) is 5.75 Å². The molecule has 1 atom stereocenters. The lowest BCUT2D eigenvalue weighted by molar-refractivity contribution is -0.132. The second-order valence-corrected chi connectivity index (χ2v) is 6.30. The van der Waals surface area contributed by atoms with Crippen LogP contribution < -0.4 is 4.74 Å². The Bertz CT molecular complexity index is 488. The minimum Gasteiger partial charge on any atom is -0.497 e. The average Bonchev–Trinajstić information content (AvgIpc) is 2.56. The van der Waals surface area contributed by atoms with Crippen LogP contribution in [0.15, 0.2) is 24.3 Å². The third kappa shape index (κ3) is 5.52. The molecule has 0 radical (unpaired) electrons. The van der Waals surface area contributed by atoms with Crippen molar-refractivity contribution in [3.63, 3.8) is 0 Å². The molecule has 0 spiro atoms. The first-order chi connectivity index (χ1) is 11.1. The van der Waals surface area contributed by atoms with E-state index in [4.69, 9.17) is 9.47 Å². The van der Waals surface area contributed by atoms with E-state index in [-0.39, 0.29) is 5.91 Å². The number of methoxy groups -OCH3 is 2. The molecule has 1 heterocycles. The van der Waals surface area contributed by atoms with Gasteiger partial charge in [-0.2, -0.15) is 0 Å². The Labute approximate surface area is 139 Å². The first-order valence-corrected chi connectivity index (χ1v) is 8.20. The molecule has 5 nitrogen and oxygen atoms in total. The molecule has 128 valence electrons. The fourth-order valence-corrected chi connectivity index (χ4v) is 3.07. The Morgan fingerprint density at radius 3 is 2.70 bits per heavy atom. The summed E-state index contributed by atoms with van der Waals surface area (Å²) in [4.78, 5) is 16.5. The number of amides is 1. The summed E-state index contributed by atoms with van der Waals surface area (Å²) in [7, 11) is 5.26. The van der Waals surface area contributed by atoms with Gasteiger partial charge in [0.25, 0.3) is 0 Å². The van der Waals surface area contributed by atoms with Gasteiger partial charge in [-0.15, -0.1) is 0 Å². The predicted molar refractivity (Wildman–Crippen MR) is 90.5 cm³/mol. The zero-order valence-electron chi connectivity index (χ0n) is 14.5. The molecule has 0 N–H and O–H groups in total. The minimum atomic E-state index is 0.166. The highest BCUT2D eigenvalue weighted by Gasteiger charge is 2.22. The molecular formula is C18H28N2O3. The first-order valence-electron chi connectivity index (χ1n) is 8.20. The van der Waals surface area contributed by atoms with Crippen LogP contribution in [0.2, 0.25) is 0 Å². The zero-order valence-corrected chi connectivity index (χ0v) is 14.5. The lowest BCUT2D eigenvalue weighted by Gasteiger charge is -2.32. The lowest BCUT2D eigenvalue weighted by Crippen LogP contribution is -2.43. The van der Waals surface area contributed by atoms with Gasteiger partial charge in [0.2, 0.25) is 5.91 Å². The third-order valence-electron chi connectivity index (χ3n) is 4.37. The summed E-state index contributed by atoms with van der Waals surface area (Å²) in [5, 5.41) is 0. The van der Waals surface area contributed by atoms with E-state index in [9.17, 15) is 4.79 Å². The molecule has 1 amide bonds. The average molecular weight is 320 g/mol. The second kappa shape index (κ2) is 8.89. The van der Waals surface area contributed by atoms with Crippen LogP contribution in [0.25, 0.3) is 0 Å². The van der Waals surface area contributed by atoms with E-state index in [1.807, 2.05) is 31.3 Å². The van der Waals surface area contributed by atoms with Gasteiger partial charge in [-0.05, 0) is 43.0 Å². The van der Waals surface area contributed by atoms with Gasteiger partial charge in [-0.1, -0.05) is 12.1 Å². The van der Waals surface area contributed by atoms with Gasteiger partial charge >= 0.3 is 0 Å². The number of hydrogen-bond donors (Lipinski definition) is 0. The highest BCUT2D eigenvalue weighted by atomic mass is 16.5. The summed E-state index contributed by atoms with van der Waals surface area (Å²) in [6, 6.07) is 7.84. The standard InChI is InChI=1S/C18H28N2O3/c1-19(11-15-6-8-17(23-3)9-7-15)18(21)13-20-10-4-5-16(12-20)14-22-2/h6-9,16H,4-5,10-14H2,1-3H3. The third-order valence-corrected chi connectivity index (χ3v) is 4.37. The van der Waals surface area contributed by atoms with Gasteiger partial charge in [0.15, 0.2) is 0 Å². The van der Waals surface area contributed by atoms with E-state index >= 15 is 0 Å². The van der Waals surface area contributed by atoms with Crippen LogP contribution in [0, 0.1) is 5.92 Å². The summed E-state index contributed by atoms with van der Waals surface area (Å²) in [6.45, 7) is 3.86. The lowest BCUT2D eigenvalue weighted by atomic mass is 9.99. The summed E-state index contributed by atoms with van der Waals surface area (Å²) in [6.07, 6.45) is 2.34. The predicted octanol–water partition coefficient (Wildman–Crippen LogP) is 2.01. The van der Waals surface area contributed by atoms with Crippen molar-refractivity contribution >= 4 is 5.91 Å². The van der Waals surface area contributed by atoms with Crippen LogP contribution in [-0.2, 0) is 16.1 Å². The number of piperidine rings is 1. The van der Waals surface area contributed by atoms with E-state index in [1.54, 1.807) is 19.1 Å². The molecule has 1 fully saturated rings. The van der Waals surface area contributed by atoms with Gasteiger partial charge in [-0.25, -0.2) is 0 Å². The smallest absolute Gasteiger partial charge is 0.236 e. The van der Waals surface area contributed by atoms with Crippen LogP contribution in [0.3, 0.4) is 0 Å². The number of ether oxygens (including phenoxy) is 2. The molecule has 1 aliphatic rings. The van der Waals surface area contributed by atoms with E-state index in [1.165, 1.54) is 6.42 Å². The molecular weight excluding hydrogens is 292 g/mol. The number of rotatable bonds is 7. The van der Waals surface area contributed by atoms with E-state index in [2.05, 4.69) is 4.90 Å². The largest absolute Gasteiger partial charge is 0.497 e. The molecule has 0 saturated carbocycles. The normalized spacial score (nSPS) is 18.7. The number of carbonyl (C=O) groups is 1. The SMILES string of the molecule is COCC1CCCN(CC(=O)N(C)Cc2ccc(OC)cc2)C1. The maximum absolute atomic E-state index is 12.4.